The number of fused-ring (bicyclic) bond motifs is 1. The zero-order valence-corrected chi connectivity index (χ0v) is 22.0. The van der Waals surface area contributed by atoms with Crippen LogP contribution < -0.4 is 11.1 Å². The number of aliphatic imine (C=N–C) groups is 1. The number of aromatic amines is 1. The second kappa shape index (κ2) is 11.4. The number of rotatable bonds is 8. The number of alkyl carbamates (subject to hydrolysis) is 1. The number of non-ortho nitro benzene ring substituents is 1. The summed E-state index contributed by atoms with van der Waals surface area (Å²) in [6.45, 7) is 6.22. The second-order valence-electron chi connectivity index (χ2n) is 10.0. The number of nitrogens with two attached hydrogens (primary N) is 1. The van der Waals surface area contributed by atoms with Crippen LogP contribution >= 0.6 is 0 Å². The second-order valence-corrected chi connectivity index (χ2v) is 10.0. The molecule has 0 aliphatic carbocycles. The van der Waals surface area contributed by atoms with Crippen LogP contribution in [0.3, 0.4) is 0 Å². The van der Waals surface area contributed by atoms with Crippen LogP contribution in [-0.4, -0.2) is 39.0 Å². The third-order valence-corrected chi connectivity index (χ3v) is 5.93. The van der Waals surface area contributed by atoms with Gasteiger partial charge in [0.2, 0.25) is 0 Å². The zero-order valence-electron chi connectivity index (χ0n) is 22.0. The monoisotopic (exact) mass is 529 g/mol. The predicted molar refractivity (Wildman–Crippen MR) is 151 cm³/mol. The number of hydrogen-bond donors (Lipinski definition) is 4. The number of carbonyl (C=O) groups is 1. The van der Waals surface area contributed by atoms with Crippen molar-refractivity contribution in [1.29, 1.82) is 0 Å². The van der Waals surface area contributed by atoms with E-state index < -0.39 is 16.6 Å². The third-order valence-electron chi connectivity index (χ3n) is 5.93. The molecule has 3 aromatic carbocycles. The highest BCUT2D eigenvalue weighted by Gasteiger charge is 2.21. The van der Waals surface area contributed by atoms with E-state index in [0.717, 1.165) is 11.1 Å². The Morgan fingerprint density at radius 1 is 1.08 bits per heavy atom. The molecule has 0 atom stereocenters. The van der Waals surface area contributed by atoms with Gasteiger partial charge in [-0.15, -0.1) is 0 Å². The summed E-state index contributed by atoms with van der Waals surface area (Å²) in [5, 5.41) is 25.5. The van der Waals surface area contributed by atoms with Crippen molar-refractivity contribution in [3.63, 3.8) is 0 Å². The van der Waals surface area contributed by atoms with Crippen LogP contribution in [0.5, 0.6) is 5.88 Å². The number of nitrogens with zero attached hydrogens (tertiary/aromatic N) is 2. The first kappa shape index (κ1) is 27.3. The topological polar surface area (TPSA) is 156 Å². The molecule has 0 saturated carbocycles. The molecule has 1 aromatic heterocycles. The Morgan fingerprint density at radius 2 is 1.74 bits per heavy atom. The minimum absolute atomic E-state index is 0.0927. The number of amides is 1. The van der Waals surface area contributed by atoms with Gasteiger partial charge in [0.05, 0.1) is 21.9 Å². The summed E-state index contributed by atoms with van der Waals surface area (Å²) in [6, 6.07) is 19.3. The molecule has 0 saturated heterocycles. The molecular weight excluding hydrogens is 498 g/mol. The molecule has 1 heterocycles. The van der Waals surface area contributed by atoms with Gasteiger partial charge in [-0.3, -0.25) is 10.1 Å². The van der Waals surface area contributed by atoms with Gasteiger partial charge >= 0.3 is 6.09 Å². The molecule has 5 N–H and O–H groups in total. The van der Waals surface area contributed by atoms with Gasteiger partial charge in [-0.2, -0.15) is 0 Å². The van der Waals surface area contributed by atoms with Gasteiger partial charge in [0.25, 0.3) is 5.69 Å². The first-order valence-electron chi connectivity index (χ1n) is 12.5. The molecule has 202 valence electrons. The number of H-pyrrole nitrogens is 1. The van der Waals surface area contributed by atoms with Gasteiger partial charge in [-0.05, 0) is 56.5 Å². The lowest BCUT2D eigenvalue weighted by Gasteiger charge is -2.19. The third kappa shape index (κ3) is 6.79. The first-order chi connectivity index (χ1) is 18.5. The number of nitro groups is 1. The van der Waals surface area contributed by atoms with Crippen molar-refractivity contribution in [1.82, 2.24) is 10.3 Å². The fourth-order valence-corrected chi connectivity index (χ4v) is 4.07. The van der Waals surface area contributed by atoms with Crippen LogP contribution in [0.25, 0.3) is 10.9 Å². The van der Waals surface area contributed by atoms with E-state index in [9.17, 15) is 20.0 Å². The van der Waals surface area contributed by atoms with Gasteiger partial charge in [0.1, 0.15) is 5.60 Å². The Morgan fingerprint density at radius 3 is 2.36 bits per heavy atom. The smallest absolute Gasteiger partial charge is 0.407 e. The van der Waals surface area contributed by atoms with Gasteiger partial charge in [0, 0.05) is 41.7 Å². The van der Waals surface area contributed by atoms with Crippen molar-refractivity contribution in [2.24, 2.45) is 10.7 Å². The molecule has 39 heavy (non-hydrogen) atoms. The number of ether oxygens (including phenoxy) is 1. The molecule has 0 unspecified atom stereocenters. The van der Waals surface area contributed by atoms with Crippen molar-refractivity contribution in [3.8, 4) is 5.88 Å². The fourth-order valence-electron chi connectivity index (χ4n) is 4.07. The highest BCUT2D eigenvalue weighted by atomic mass is 16.6. The van der Waals surface area contributed by atoms with E-state index in [2.05, 4.69) is 10.3 Å². The Labute approximate surface area is 225 Å². The summed E-state index contributed by atoms with van der Waals surface area (Å²) in [5.74, 6) is -0.142. The van der Waals surface area contributed by atoms with Crippen molar-refractivity contribution < 1.29 is 19.6 Å². The summed E-state index contributed by atoms with van der Waals surface area (Å²) in [6.07, 6.45) is 0.136. The Bertz CT molecular complexity index is 1520. The van der Waals surface area contributed by atoms with Crippen LogP contribution in [0.4, 0.5) is 16.2 Å². The molecular formula is C29H31N5O5. The highest BCUT2D eigenvalue weighted by molar-refractivity contribution is 6.22. The van der Waals surface area contributed by atoms with Crippen LogP contribution in [0.15, 0.2) is 71.7 Å². The van der Waals surface area contributed by atoms with Crippen LogP contribution in [-0.2, 0) is 17.7 Å². The Hall–Kier alpha value is -4.70. The molecule has 0 fully saturated rings. The highest BCUT2D eigenvalue weighted by Crippen LogP contribution is 2.33. The zero-order chi connectivity index (χ0) is 28.2. The van der Waals surface area contributed by atoms with E-state index in [1.165, 1.54) is 12.1 Å². The van der Waals surface area contributed by atoms with E-state index in [1.807, 2.05) is 69.3 Å². The number of hydrogen-bond acceptors (Lipinski definition) is 7. The Balaban J connectivity index is 1.66. The van der Waals surface area contributed by atoms with Crippen LogP contribution in [0, 0.1) is 10.1 Å². The van der Waals surface area contributed by atoms with E-state index in [4.69, 9.17) is 15.5 Å². The van der Waals surface area contributed by atoms with E-state index >= 15 is 0 Å². The number of nitrogens with one attached hydrogen (secondary N) is 2. The minimum Gasteiger partial charge on any atom is -0.494 e. The van der Waals surface area contributed by atoms with E-state index in [0.29, 0.717) is 52.9 Å². The average Bonchev–Trinajstić information content (AvgIpc) is 3.22. The normalized spacial score (nSPS) is 11.9. The SMILES string of the molecule is CC(C)(C)OC(=O)NCCc1ccc(N=C(c2ccc(CN)cc2)c2c(O)[nH]c3ccc([N+](=O)[O-])cc23)cc1. The molecule has 10 nitrogen and oxygen atoms in total. The van der Waals surface area contributed by atoms with Crippen molar-refractivity contribution in [2.75, 3.05) is 6.54 Å². The van der Waals surface area contributed by atoms with Crippen LogP contribution in [0.2, 0.25) is 0 Å². The van der Waals surface area contributed by atoms with Gasteiger partial charge in [-0.1, -0.05) is 36.4 Å². The van der Waals surface area contributed by atoms with E-state index in [1.54, 1.807) is 6.07 Å². The summed E-state index contributed by atoms with van der Waals surface area (Å²) < 4.78 is 5.26. The quantitative estimate of drug-likeness (QED) is 0.135. The molecule has 1 amide bonds. The van der Waals surface area contributed by atoms with Crippen LogP contribution in [0.1, 0.15) is 43.0 Å². The molecule has 0 aliphatic rings. The summed E-state index contributed by atoms with van der Waals surface area (Å²) >= 11 is 0. The molecule has 4 aromatic rings. The fraction of sp³-hybridized carbons (Fsp3) is 0.241. The van der Waals surface area contributed by atoms with Gasteiger partial charge < -0.3 is 25.9 Å². The van der Waals surface area contributed by atoms with E-state index in [-0.39, 0.29) is 11.6 Å². The molecule has 4 rings (SSSR count). The maximum absolute atomic E-state index is 11.9. The first-order valence-corrected chi connectivity index (χ1v) is 12.5. The molecule has 0 radical (unpaired) electrons. The number of carbonyl (C=O) groups excluding carboxylic acids is 1. The summed E-state index contributed by atoms with van der Waals surface area (Å²) in [4.78, 5) is 30.6. The summed E-state index contributed by atoms with van der Waals surface area (Å²) in [7, 11) is 0. The van der Waals surface area contributed by atoms with Crippen molar-refractivity contribution >= 4 is 34.1 Å². The molecule has 0 aliphatic heterocycles. The molecule has 10 heteroatoms. The van der Waals surface area contributed by atoms with Gasteiger partial charge in [-0.25, -0.2) is 9.79 Å². The minimum atomic E-state index is -0.559. The number of aromatic nitrogens is 1. The van der Waals surface area contributed by atoms with Gasteiger partial charge in [0.15, 0.2) is 5.88 Å². The number of aromatic hydroxyl groups is 1. The number of nitro benzene ring substituents is 1. The van der Waals surface area contributed by atoms with Crippen molar-refractivity contribution in [2.45, 2.75) is 39.3 Å². The Kier molecular flexibility index (Phi) is 7.96. The standard InChI is InChI=1S/C29H31N5O5/c1-29(2,3)39-28(36)31-15-14-18-6-10-21(11-7-18)32-26(20-8-4-19(17-30)5-9-20)25-23-16-22(34(37)38)12-13-24(23)33-27(25)35/h4-13,16,33,35H,14-15,17,30H2,1-3H3,(H,31,36). The van der Waals surface area contributed by atoms with Crippen molar-refractivity contribution in [3.05, 3.63) is 99.1 Å². The maximum atomic E-state index is 11.9. The molecule has 0 spiro atoms. The molecule has 0 bridgehead atoms. The number of benzene rings is 3. The predicted octanol–water partition coefficient (Wildman–Crippen LogP) is 5.48. The lowest BCUT2D eigenvalue weighted by atomic mass is 9.99. The summed E-state index contributed by atoms with van der Waals surface area (Å²) in [5.41, 5.74) is 9.72. The largest absolute Gasteiger partial charge is 0.494 e. The maximum Gasteiger partial charge on any atom is 0.407 e. The lowest BCUT2D eigenvalue weighted by molar-refractivity contribution is -0.384. The average molecular weight is 530 g/mol. The lowest BCUT2D eigenvalue weighted by Crippen LogP contribution is -2.33.